The monoisotopic (exact) mass is 199 g/mol. The minimum absolute atomic E-state index is 0.376. The van der Waals surface area contributed by atoms with Gasteiger partial charge in [-0.3, -0.25) is 4.79 Å². The Kier molecular flexibility index (Phi) is 3.73. The van der Waals surface area contributed by atoms with Crippen molar-refractivity contribution in [3.8, 4) is 5.75 Å². The highest BCUT2D eigenvalue weighted by Crippen LogP contribution is 2.21. The van der Waals surface area contributed by atoms with Crippen LogP contribution >= 0.6 is 11.6 Å². The van der Waals surface area contributed by atoms with E-state index in [2.05, 4.69) is 0 Å². The van der Waals surface area contributed by atoms with E-state index in [1.54, 1.807) is 18.2 Å². The Balaban J connectivity index is 2.87. The maximum Gasteiger partial charge on any atom is 0.153 e. The first-order valence-electron chi connectivity index (χ1n) is 3.85. The molecule has 0 heterocycles. The normalized spacial score (nSPS) is 9.69. The molecule has 0 bridgehead atoms. The van der Waals surface area contributed by atoms with Gasteiger partial charge in [-0.25, -0.2) is 0 Å². The number of rotatable bonds is 4. The second-order valence-corrected chi connectivity index (χ2v) is 2.87. The van der Waals surface area contributed by atoms with Crippen molar-refractivity contribution in [3.05, 3.63) is 28.8 Å². The SMILES string of the molecule is NCCOc1cc(Cl)ccc1C=O. The lowest BCUT2D eigenvalue weighted by Gasteiger charge is -2.06. The van der Waals surface area contributed by atoms with Gasteiger partial charge in [-0.2, -0.15) is 0 Å². The van der Waals surface area contributed by atoms with Gasteiger partial charge in [-0.05, 0) is 18.2 Å². The first-order valence-corrected chi connectivity index (χ1v) is 4.23. The van der Waals surface area contributed by atoms with Gasteiger partial charge in [0.15, 0.2) is 6.29 Å². The zero-order chi connectivity index (χ0) is 9.68. The minimum Gasteiger partial charge on any atom is -0.491 e. The fourth-order valence-electron chi connectivity index (χ4n) is 0.899. The molecule has 70 valence electrons. The zero-order valence-corrected chi connectivity index (χ0v) is 7.75. The zero-order valence-electron chi connectivity index (χ0n) is 7.00. The van der Waals surface area contributed by atoms with Crippen LogP contribution in [-0.2, 0) is 0 Å². The molecular formula is C9H10ClNO2. The van der Waals surface area contributed by atoms with E-state index in [0.29, 0.717) is 29.5 Å². The van der Waals surface area contributed by atoms with E-state index in [1.807, 2.05) is 0 Å². The lowest BCUT2D eigenvalue weighted by Crippen LogP contribution is -2.11. The second kappa shape index (κ2) is 4.84. The van der Waals surface area contributed by atoms with Crippen LogP contribution in [-0.4, -0.2) is 19.4 Å². The largest absolute Gasteiger partial charge is 0.491 e. The predicted octanol–water partition coefficient (Wildman–Crippen LogP) is 1.49. The number of carbonyl (C=O) groups excluding carboxylic acids is 1. The lowest BCUT2D eigenvalue weighted by molar-refractivity contribution is 0.111. The van der Waals surface area contributed by atoms with Crippen LogP contribution in [0.1, 0.15) is 10.4 Å². The fraction of sp³-hybridized carbons (Fsp3) is 0.222. The molecule has 4 heteroatoms. The molecular weight excluding hydrogens is 190 g/mol. The van der Waals surface area contributed by atoms with E-state index in [4.69, 9.17) is 22.1 Å². The van der Waals surface area contributed by atoms with E-state index in [-0.39, 0.29) is 0 Å². The van der Waals surface area contributed by atoms with Crippen molar-refractivity contribution in [2.45, 2.75) is 0 Å². The van der Waals surface area contributed by atoms with Gasteiger partial charge in [0.2, 0.25) is 0 Å². The molecule has 1 aromatic rings. The van der Waals surface area contributed by atoms with E-state index in [1.165, 1.54) is 0 Å². The average Bonchev–Trinajstić information content (AvgIpc) is 2.15. The standard InChI is InChI=1S/C9H10ClNO2/c10-8-2-1-7(6-12)9(5-8)13-4-3-11/h1-2,5-6H,3-4,11H2. The van der Waals surface area contributed by atoms with Crippen LogP contribution in [0.4, 0.5) is 0 Å². The average molecular weight is 200 g/mol. The van der Waals surface area contributed by atoms with Crippen molar-refractivity contribution in [3.63, 3.8) is 0 Å². The molecule has 1 aromatic carbocycles. The van der Waals surface area contributed by atoms with Gasteiger partial charge < -0.3 is 10.5 Å². The molecule has 0 saturated heterocycles. The van der Waals surface area contributed by atoms with Gasteiger partial charge in [0.25, 0.3) is 0 Å². The van der Waals surface area contributed by atoms with Gasteiger partial charge in [-0.1, -0.05) is 11.6 Å². The number of hydrogen-bond donors (Lipinski definition) is 1. The summed E-state index contributed by atoms with van der Waals surface area (Å²) in [5.41, 5.74) is 5.74. The quantitative estimate of drug-likeness (QED) is 0.748. The Morgan fingerprint density at radius 3 is 2.92 bits per heavy atom. The molecule has 0 spiro atoms. The summed E-state index contributed by atoms with van der Waals surface area (Å²) < 4.78 is 5.22. The molecule has 0 radical (unpaired) electrons. The number of nitrogens with two attached hydrogens (primary N) is 1. The molecule has 0 unspecified atom stereocenters. The summed E-state index contributed by atoms with van der Waals surface area (Å²) in [6.07, 6.45) is 0.724. The summed E-state index contributed by atoms with van der Waals surface area (Å²) in [5.74, 6) is 0.480. The number of aldehydes is 1. The van der Waals surface area contributed by atoms with Gasteiger partial charge in [0, 0.05) is 11.6 Å². The third-order valence-corrected chi connectivity index (χ3v) is 1.71. The molecule has 0 aliphatic heterocycles. The van der Waals surface area contributed by atoms with Crippen LogP contribution in [0.5, 0.6) is 5.75 Å². The summed E-state index contributed by atoms with van der Waals surface area (Å²) in [7, 11) is 0. The number of carbonyl (C=O) groups is 1. The Morgan fingerprint density at radius 1 is 1.54 bits per heavy atom. The van der Waals surface area contributed by atoms with E-state index >= 15 is 0 Å². The molecule has 0 aliphatic rings. The molecule has 0 fully saturated rings. The first kappa shape index (κ1) is 10.0. The van der Waals surface area contributed by atoms with Crippen molar-refractivity contribution in [2.24, 2.45) is 5.73 Å². The summed E-state index contributed by atoms with van der Waals surface area (Å²) in [6.45, 7) is 0.784. The third kappa shape index (κ3) is 2.72. The van der Waals surface area contributed by atoms with Crippen molar-refractivity contribution < 1.29 is 9.53 Å². The van der Waals surface area contributed by atoms with E-state index in [0.717, 1.165) is 6.29 Å². The van der Waals surface area contributed by atoms with Gasteiger partial charge in [0.1, 0.15) is 12.4 Å². The van der Waals surface area contributed by atoms with Gasteiger partial charge in [-0.15, -0.1) is 0 Å². The molecule has 1 rings (SSSR count). The lowest BCUT2D eigenvalue weighted by atomic mass is 10.2. The van der Waals surface area contributed by atoms with E-state index < -0.39 is 0 Å². The smallest absolute Gasteiger partial charge is 0.153 e. The van der Waals surface area contributed by atoms with Crippen LogP contribution in [0.2, 0.25) is 5.02 Å². The number of hydrogen-bond acceptors (Lipinski definition) is 3. The Morgan fingerprint density at radius 2 is 2.31 bits per heavy atom. The first-order chi connectivity index (χ1) is 6.27. The van der Waals surface area contributed by atoms with Crippen LogP contribution in [0.3, 0.4) is 0 Å². The fourth-order valence-corrected chi connectivity index (χ4v) is 1.06. The molecule has 0 aromatic heterocycles. The van der Waals surface area contributed by atoms with Crippen molar-refractivity contribution in [1.29, 1.82) is 0 Å². The molecule has 0 atom stereocenters. The van der Waals surface area contributed by atoms with Gasteiger partial charge >= 0.3 is 0 Å². The van der Waals surface area contributed by atoms with Crippen molar-refractivity contribution in [2.75, 3.05) is 13.2 Å². The van der Waals surface area contributed by atoms with Crippen LogP contribution in [0, 0.1) is 0 Å². The highest BCUT2D eigenvalue weighted by molar-refractivity contribution is 6.30. The third-order valence-electron chi connectivity index (χ3n) is 1.48. The molecule has 0 aliphatic carbocycles. The van der Waals surface area contributed by atoms with E-state index in [9.17, 15) is 4.79 Å². The molecule has 0 saturated carbocycles. The molecule has 13 heavy (non-hydrogen) atoms. The number of benzene rings is 1. The molecule has 2 N–H and O–H groups in total. The minimum atomic E-state index is 0.376. The van der Waals surface area contributed by atoms with Crippen molar-refractivity contribution in [1.82, 2.24) is 0 Å². The second-order valence-electron chi connectivity index (χ2n) is 2.44. The van der Waals surface area contributed by atoms with Crippen LogP contribution in [0.25, 0.3) is 0 Å². The predicted molar refractivity (Wildman–Crippen MR) is 51.4 cm³/mol. The maximum atomic E-state index is 10.5. The number of ether oxygens (including phenoxy) is 1. The van der Waals surface area contributed by atoms with Crippen molar-refractivity contribution >= 4 is 17.9 Å². The number of halogens is 1. The van der Waals surface area contributed by atoms with Crippen LogP contribution in [0.15, 0.2) is 18.2 Å². The summed E-state index contributed by atoms with van der Waals surface area (Å²) in [4.78, 5) is 10.5. The Hall–Kier alpha value is -1.06. The molecule has 0 amide bonds. The maximum absolute atomic E-state index is 10.5. The topological polar surface area (TPSA) is 52.3 Å². The summed E-state index contributed by atoms with van der Waals surface area (Å²) >= 11 is 5.73. The Labute approximate surface area is 81.4 Å². The Bertz CT molecular complexity index is 302. The highest BCUT2D eigenvalue weighted by Gasteiger charge is 2.02. The summed E-state index contributed by atoms with van der Waals surface area (Å²) in [6, 6.07) is 4.85. The van der Waals surface area contributed by atoms with Gasteiger partial charge in [0.05, 0.1) is 5.56 Å². The van der Waals surface area contributed by atoms with Crippen LogP contribution < -0.4 is 10.5 Å². The highest BCUT2D eigenvalue weighted by atomic mass is 35.5. The summed E-state index contributed by atoms with van der Waals surface area (Å²) in [5, 5.41) is 0.539. The molecule has 3 nitrogen and oxygen atoms in total.